The second kappa shape index (κ2) is 7.10. The maximum Gasteiger partial charge on any atom is 0.341 e. The number of aromatic nitrogens is 1. The van der Waals surface area contributed by atoms with Crippen LogP contribution in [-0.2, 0) is 0 Å². The van der Waals surface area contributed by atoms with Crippen molar-refractivity contribution in [3.8, 4) is 5.75 Å². The molecule has 0 spiro atoms. The fourth-order valence-corrected chi connectivity index (χ4v) is 3.12. The van der Waals surface area contributed by atoms with E-state index in [9.17, 15) is 22.4 Å². The molecule has 0 unspecified atom stereocenters. The zero-order valence-electron chi connectivity index (χ0n) is 14.4. The Balaban J connectivity index is 1.39. The van der Waals surface area contributed by atoms with Gasteiger partial charge in [-0.25, -0.2) is 18.6 Å². The molecular formula is C18H14F4N4O2. The lowest BCUT2D eigenvalue weighted by Gasteiger charge is -2.40. The lowest BCUT2D eigenvalue weighted by Crippen LogP contribution is -2.58. The average Bonchev–Trinajstić information content (AvgIpc) is 3.07. The van der Waals surface area contributed by atoms with Gasteiger partial charge in [0.05, 0.1) is 19.1 Å². The fourth-order valence-electron chi connectivity index (χ4n) is 3.12. The molecule has 0 bridgehead atoms. The number of amides is 2. The number of hydrogen-bond donors (Lipinski definition) is 0. The number of nitrogens with zero attached hydrogens (tertiary/aromatic N) is 4. The number of halogens is 4. The first-order chi connectivity index (χ1) is 13.4. The zero-order valence-corrected chi connectivity index (χ0v) is 14.4. The second-order valence-electron chi connectivity index (χ2n) is 6.45. The van der Waals surface area contributed by atoms with Crippen LogP contribution in [0.5, 0.6) is 5.75 Å². The number of carbonyl (C=O) groups is 1. The van der Waals surface area contributed by atoms with Crippen molar-refractivity contribution in [2.75, 3.05) is 13.1 Å². The quantitative estimate of drug-likeness (QED) is 0.593. The molecule has 1 aromatic carbocycles. The molecule has 0 aliphatic carbocycles. The largest absolute Gasteiger partial charge is 0.482 e. The molecule has 0 N–H and O–H groups in total. The molecule has 6 nitrogen and oxygen atoms in total. The third-order valence-corrected chi connectivity index (χ3v) is 4.49. The molecule has 28 heavy (non-hydrogen) atoms. The highest BCUT2D eigenvalue weighted by molar-refractivity contribution is 5.79. The Morgan fingerprint density at radius 2 is 1.79 bits per heavy atom. The highest BCUT2D eigenvalue weighted by Crippen LogP contribution is 2.31. The Kier molecular flexibility index (Phi) is 4.62. The summed E-state index contributed by atoms with van der Waals surface area (Å²) in [7, 11) is 0. The Morgan fingerprint density at radius 3 is 2.46 bits per heavy atom. The maximum absolute atomic E-state index is 13.5. The van der Waals surface area contributed by atoms with Gasteiger partial charge in [0.2, 0.25) is 5.95 Å². The first-order valence-electron chi connectivity index (χ1n) is 8.46. The van der Waals surface area contributed by atoms with Gasteiger partial charge in [0.1, 0.15) is 17.7 Å². The minimum absolute atomic E-state index is 0.159. The predicted molar refractivity (Wildman–Crippen MR) is 89.6 cm³/mol. The average molecular weight is 394 g/mol. The molecule has 1 atom stereocenters. The standard InChI is InChI=1S/C18H14F4N4O2/c19-11-5-10(6-12(20)7-11)14-3-4-23-26(14)18(27)25-8-13(9-25)28-15-1-2-16(21)24-17(15)22/h1-2,4-7,13-14H,3,8-9H2/t14-/m0/s1. The van der Waals surface area contributed by atoms with Crippen molar-refractivity contribution in [2.24, 2.45) is 5.10 Å². The summed E-state index contributed by atoms with van der Waals surface area (Å²) in [6, 6.07) is 4.11. The molecule has 3 heterocycles. The predicted octanol–water partition coefficient (Wildman–Crippen LogP) is 3.25. The van der Waals surface area contributed by atoms with Crippen LogP contribution < -0.4 is 4.74 Å². The molecule has 1 aromatic heterocycles. The molecule has 0 radical (unpaired) electrons. The minimum atomic E-state index is -1.07. The number of carbonyl (C=O) groups excluding carboxylic acids is 1. The highest BCUT2D eigenvalue weighted by Gasteiger charge is 2.39. The van der Waals surface area contributed by atoms with E-state index >= 15 is 0 Å². The minimum Gasteiger partial charge on any atom is -0.482 e. The molecule has 2 aliphatic heterocycles. The second-order valence-corrected chi connectivity index (χ2v) is 6.45. The van der Waals surface area contributed by atoms with Crippen molar-refractivity contribution in [2.45, 2.75) is 18.6 Å². The monoisotopic (exact) mass is 394 g/mol. The summed E-state index contributed by atoms with van der Waals surface area (Å²) in [4.78, 5) is 17.1. The van der Waals surface area contributed by atoms with Crippen LogP contribution in [0.15, 0.2) is 35.4 Å². The summed E-state index contributed by atoms with van der Waals surface area (Å²) in [5.41, 5.74) is 0.302. The normalized spacial score (nSPS) is 19.1. The van der Waals surface area contributed by atoms with E-state index in [0.29, 0.717) is 12.0 Å². The van der Waals surface area contributed by atoms with Crippen LogP contribution in [0.4, 0.5) is 22.4 Å². The molecule has 146 valence electrons. The summed E-state index contributed by atoms with van der Waals surface area (Å²) >= 11 is 0. The van der Waals surface area contributed by atoms with Crippen LogP contribution in [0.2, 0.25) is 0 Å². The van der Waals surface area contributed by atoms with Crippen LogP contribution in [0.1, 0.15) is 18.0 Å². The van der Waals surface area contributed by atoms with E-state index in [1.165, 1.54) is 11.1 Å². The lowest BCUT2D eigenvalue weighted by atomic mass is 10.0. The zero-order chi connectivity index (χ0) is 19.8. The summed E-state index contributed by atoms with van der Waals surface area (Å²) in [6.45, 7) is 0.317. The summed E-state index contributed by atoms with van der Waals surface area (Å²) in [5.74, 6) is -3.70. The number of likely N-dealkylation sites (tertiary alicyclic amines) is 1. The number of hydrazone groups is 1. The van der Waals surface area contributed by atoms with E-state index in [1.54, 1.807) is 0 Å². The molecule has 1 saturated heterocycles. The Morgan fingerprint density at radius 1 is 1.07 bits per heavy atom. The van der Waals surface area contributed by atoms with Crippen molar-refractivity contribution >= 4 is 12.2 Å². The highest BCUT2D eigenvalue weighted by atomic mass is 19.1. The van der Waals surface area contributed by atoms with Crippen molar-refractivity contribution in [1.29, 1.82) is 0 Å². The van der Waals surface area contributed by atoms with Gasteiger partial charge in [-0.1, -0.05) is 0 Å². The molecule has 10 heteroatoms. The topological polar surface area (TPSA) is 58.0 Å². The van der Waals surface area contributed by atoms with Gasteiger partial charge in [-0.05, 0) is 29.8 Å². The van der Waals surface area contributed by atoms with E-state index in [-0.39, 0.29) is 18.8 Å². The summed E-state index contributed by atoms with van der Waals surface area (Å²) in [6.07, 6.45) is 1.34. The third-order valence-electron chi connectivity index (χ3n) is 4.49. The Bertz CT molecular complexity index is 929. The van der Waals surface area contributed by atoms with Crippen molar-refractivity contribution in [3.05, 3.63) is 59.4 Å². The summed E-state index contributed by atoms with van der Waals surface area (Å²) < 4.78 is 58.7. The van der Waals surface area contributed by atoms with Gasteiger partial charge < -0.3 is 9.64 Å². The molecule has 2 amide bonds. The van der Waals surface area contributed by atoms with Gasteiger partial charge in [0.15, 0.2) is 5.75 Å². The summed E-state index contributed by atoms with van der Waals surface area (Å²) in [5, 5.41) is 5.17. The van der Waals surface area contributed by atoms with Gasteiger partial charge >= 0.3 is 6.03 Å². The molecule has 4 rings (SSSR count). The molecule has 2 aliphatic rings. The van der Waals surface area contributed by atoms with E-state index in [0.717, 1.165) is 35.3 Å². The fraction of sp³-hybridized carbons (Fsp3) is 0.278. The van der Waals surface area contributed by atoms with Gasteiger partial charge in [-0.15, -0.1) is 0 Å². The van der Waals surface area contributed by atoms with Crippen LogP contribution in [0, 0.1) is 23.5 Å². The molecule has 0 saturated carbocycles. The van der Waals surface area contributed by atoms with Crippen molar-refractivity contribution in [3.63, 3.8) is 0 Å². The van der Waals surface area contributed by atoms with Crippen molar-refractivity contribution < 1.29 is 27.1 Å². The smallest absolute Gasteiger partial charge is 0.341 e. The van der Waals surface area contributed by atoms with E-state index in [2.05, 4.69) is 10.1 Å². The lowest BCUT2D eigenvalue weighted by molar-refractivity contribution is 0.0251. The van der Waals surface area contributed by atoms with Crippen LogP contribution >= 0.6 is 0 Å². The third kappa shape index (κ3) is 3.49. The molecular weight excluding hydrogens is 380 g/mol. The SMILES string of the molecule is O=C(N1CC(Oc2ccc(F)nc2F)C1)N1N=CC[C@H]1c1cc(F)cc(F)c1. The van der Waals surface area contributed by atoms with E-state index in [1.807, 2.05) is 0 Å². The number of rotatable bonds is 3. The van der Waals surface area contributed by atoms with Gasteiger partial charge in [-0.3, -0.25) is 0 Å². The van der Waals surface area contributed by atoms with Crippen LogP contribution in [0.25, 0.3) is 0 Å². The number of urea groups is 1. The number of hydrogen-bond acceptors (Lipinski definition) is 4. The van der Waals surface area contributed by atoms with Gasteiger partial charge in [0, 0.05) is 18.7 Å². The maximum atomic E-state index is 13.5. The Hall–Kier alpha value is -3.17. The van der Waals surface area contributed by atoms with Crippen LogP contribution in [-0.4, -0.2) is 46.3 Å². The molecule has 1 fully saturated rings. The number of benzene rings is 1. The van der Waals surface area contributed by atoms with Gasteiger partial charge in [0.25, 0.3) is 5.95 Å². The van der Waals surface area contributed by atoms with Crippen molar-refractivity contribution in [1.82, 2.24) is 14.9 Å². The van der Waals surface area contributed by atoms with E-state index in [4.69, 9.17) is 4.74 Å². The first kappa shape index (κ1) is 18.2. The van der Waals surface area contributed by atoms with Gasteiger partial charge in [-0.2, -0.15) is 18.9 Å². The van der Waals surface area contributed by atoms with E-state index < -0.39 is 41.7 Å². The number of ether oxygens (including phenoxy) is 1. The first-order valence-corrected chi connectivity index (χ1v) is 8.46. The number of pyridine rings is 1. The molecule has 2 aromatic rings. The Labute approximate surface area is 157 Å². The van der Waals surface area contributed by atoms with Crippen LogP contribution in [0.3, 0.4) is 0 Å².